The third-order valence-corrected chi connectivity index (χ3v) is 4.14. The van der Waals surface area contributed by atoms with Crippen LogP contribution in [0.15, 0.2) is 67.1 Å². The van der Waals surface area contributed by atoms with E-state index in [2.05, 4.69) is 15.0 Å². The molecular weight excluding hydrogens is 358 g/mol. The van der Waals surface area contributed by atoms with Crippen LogP contribution >= 0.6 is 0 Å². The molecule has 1 aromatic carbocycles. The SMILES string of the molecule is Fc1ccc(-c2ccnc3nc(C(F)(F)F)ccc23)cc1-c1cccnc1. The molecular formula is C20H11F4N3. The molecule has 134 valence electrons. The van der Waals surface area contributed by atoms with Crippen molar-refractivity contribution < 1.29 is 17.6 Å². The first kappa shape index (κ1) is 17.1. The monoisotopic (exact) mass is 369 g/mol. The van der Waals surface area contributed by atoms with Crippen molar-refractivity contribution >= 4 is 11.0 Å². The summed E-state index contributed by atoms with van der Waals surface area (Å²) < 4.78 is 53.0. The number of alkyl halides is 3. The van der Waals surface area contributed by atoms with Crippen molar-refractivity contribution in [3.8, 4) is 22.3 Å². The number of nitrogens with zero attached hydrogens (tertiary/aromatic N) is 3. The third-order valence-electron chi connectivity index (χ3n) is 4.14. The molecule has 0 amide bonds. The van der Waals surface area contributed by atoms with Crippen molar-refractivity contribution in [3.63, 3.8) is 0 Å². The molecule has 0 N–H and O–H groups in total. The Morgan fingerprint density at radius 2 is 1.67 bits per heavy atom. The molecule has 0 aliphatic carbocycles. The van der Waals surface area contributed by atoms with Gasteiger partial charge in [0, 0.05) is 35.1 Å². The van der Waals surface area contributed by atoms with E-state index >= 15 is 0 Å². The summed E-state index contributed by atoms with van der Waals surface area (Å²) in [6, 6.07) is 11.9. The van der Waals surface area contributed by atoms with E-state index in [9.17, 15) is 17.6 Å². The largest absolute Gasteiger partial charge is 0.433 e. The molecule has 0 aliphatic rings. The van der Waals surface area contributed by atoms with Crippen LogP contribution in [0.25, 0.3) is 33.3 Å². The minimum atomic E-state index is -4.55. The second-order valence-corrected chi connectivity index (χ2v) is 5.86. The second-order valence-electron chi connectivity index (χ2n) is 5.86. The molecule has 0 spiro atoms. The molecule has 0 bridgehead atoms. The summed E-state index contributed by atoms with van der Waals surface area (Å²) in [5, 5.41) is 0.453. The van der Waals surface area contributed by atoms with Gasteiger partial charge in [0.2, 0.25) is 0 Å². The molecule has 7 heteroatoms. The molecule has 0 fully saturated rings. The number of halogens is 4. The Morgan fingerprint density at radius 3 is 2.41 bits per heavy atom. The Bertz CT molecular complexity index is 1130. The maximum absolute atomic E-state index is 14.3. The van der Waals surface area contributed by atoms with Crippen LogP contribution in [0.1, 0.15) is 5.69 Å². The standard InChI is InChI=1S/C20H11F4N3/c21-17-5-3-12(10-16(17)13-2-1-8-25-11-13)14-7-9-26-19-15(14)4-6-18(27-19)20(22,23)24/h1-11H. The predicted octanol–water partition coefficient (Wildman–Crippen LogP) is 5.52. The molecule has 3 heterocycles. The predicted molar refractivity (Wildman–Crippen MR) is 93.2 cm³/mol. The van der Waals surface area contributed by atoms with Gasteiger partial charge in [-0.3, -0.25) is 4.98 Å². The van der Waals surface area contributed by atoms with Gasteiger partial charge in [0.05, 0.1) is 0 Å². The van der Waals surface area contributed by atoms with Crippen LogP contribution in [-0.4, -0.2) is 15.0 Å². The van der Waals surface area contributed by atoms with E-state index < -0.39 is 17.7 Å². The van der Waals surface area contributed by atoms with E-state index in [1.54, 1.807) is 42.7 Å². The van der Waals surface area contributed by atoms with Gasteiger partial charge in [-0.1, -0.05) is 12.1 Å². The Labute approximate surface area is 151 Å². The van der Waals surface area contributed by atoms with E-state index in [1.807, 2.05) is 0 Å². The molecule has 3 aromatic heterocycles. The molecule has 27 heavy (non-hydrogen) atoms. The van der Waals surface area contributed by atoms with Crippen molar-refractivity contribution in [1.29, 1.82) is 0 Å². The Balaban J connectivity index is 1.88. The van der Waals surface area contributed by atoms with Gasteiger partial charge in [-0.15, -0.1) is 0 Å². The lowest BCUT2D eigenvalue weighted by atomic mass is 9.98. The van der Waals surface area contributed by atoms with Crippen molar-refractivity contribution in [2.24, 2.45) is 0 Å². The number of hydrogen-bond donors (Lipinski definition) is 0. The molecule has 0 aliphatic heterocycles. The molecule has 0 radical (unpaired) electrons. The molecule has 0 saturated heterocycles. The molecule has 4 aromatic rings. The highest BCUT2D eigenvalue weighted by Gasteiger charge is 2.32. The highest BCUT2D eigenvalue weighted by molar-refractivity contribution is 5.93. The van der Waals surface area contributed by atoms with E-state index in [0.717, 1.165) is 6.07 Å². The fraction of sp³-hybridized carbons (Fsp3) is 0.0500. The maximum Gasteiger partial charge on any atom is 0.433 e. The van der Waals surface area contributed by atoms with Crippen LogP contribution in [0.2, 0.25) is 0 Å². The summed E-state index contributed by atoms with van der Waals surface area (Å²) in [4.78, 5) is 11.5. The first-order valence-electron chi connectivity index (χ1n) is 7.97. The topological polar surface area (TPSA) is 38.7 Å². The fourth-order valence-electron chi connectivity index (χ4n) is 2.87. The summed E-state index contributed by atoms with van der Waals surface area (Å²) >= 11 is 0. The molecule has 4 rings (SSSR count). The van der Waals surface area contributed by atoms with Crippen molar-refractivity contribution in [2.75, 3.05) is 0 Å². The van der Waals surface area contributed by atoms with Gasteiger partial charge in [0.1, 0.15) is 11.5 Å². The zero-order chi connectivity index (χ0) is 19.0. The van der Waals surface area contributed by atoms with Crippen LogP contribution in [0.5, 0.6) is 0 Å². The van der Waals surface area contributed by atoms with Crippen LogP contribution in [0, 0.1) is 5.82 Å². The molecule has 0 unspecified atom stereocenters. The Hall–Kier alpha value is -3.35. The quantitative estimate of drug-likeness (QED) is 0.437. The lowest BCUT2D eigenvalue weighted by molar-refractivity contribution is -0.141. The number of benzene rings is 1. The van der Waals surface area contributed by atoms with Gasteiger partial charge in [0.25, 0.3) is 0 Å². The van der Waals surface area contributed by atoms with Gasteiger partial charge < -0.3 is 0 Å². The lowest BCUT2D eigenvalue weighted by Gasteiger charge is -2.11. The normalized spacial score (nSPS) is 11.7. The zero-order valence-corrected chi connectivity index (χ0v) is 13.7. The lowest BCUT2D eigenvalue weighted by Crippen LogP contribution is -2.08. The van der Waals surface area contributed by atoms with E-state index in [-0.39, 0.29) is 5.65 Å². The van der Waals surface area contributed by atoms with Crippen LogP contribution < -0.4 is 0 Å². The number of pyridine rings is 3. The van der Waals surface area contributed by atoms with Crippen molar-refractivity contribution in [2.45, 2.75) is 6.18 Å². The van der Waals surface area contributed by atoms with Crippen LogP contribution in [0.4, 0.5) is 17.6 Å². The number of fused-ring (bicyclic) bond motifs is 1. The molecule has 3 nitrogen and oxygen atoms in total. The first-order chi connectivity index (χ1) is 12.9. The highest BCUT2D eigenvalue weighted by atomic mass is 19.4. The summed E-state index contributed by atoms with van der Waals surface area (Å²) in [6.45, 7) is 0. The van der Waals surface area contributed by atoms with Gasteiger partial charge in [-0.25, -0.2) is 14.4 Å². The fourth-order valence-corrected chi connectivity index (χ4v) is 2.87. The smallest absolute Gasteiger partial charge is 0.264 e. The molecule has 0 saturated carbocycles. The average molecular weight is 369 g/mol. The van der Waals surface area contributed by atoms with Crippen molar-refractivity contribution in [1.82, 2.24) is 15.0 Å². The summed E-state index contributed by atoms with van der Waals surface area (Å²) in [5.41, 5.74) is 1.19. The van der Waals surface area contributed by atoms with Gasteiger partial charge in [-0.05, 0) is 47.5 Å². The van der Waals surface area contributed by atoms with Crippen molar-refractivity contribution in [3.05, 3.63) is 78.6 Å². The Morgan fingerprint density at radius 1 is 0.815 bits per heavy atom. The van der Waals surface area contributed by atoms with E-state index in [1.165, 1.54) is 18.3 Å². The van der Waals surface area contributed by atoms with Gasteiger partial charge >= 0.3 is 6.18 Å². The molecule has 0 atom stereocenters. The van der Waals surface area contributed by atoms with Crippen LogP contribution in [0.3, 0.4) is 0 Å². The van der Waals surface area contributed by atoms with E-state index in [4.69, 9.17) is 0 Å². The number of rotatable bonds is 2. The third kappa shape index (κ3) is 3.23. The second kappa shape index (κ2) is 6.42. The minimum Gasteiger partial charge on any atom is -0.264 e. The van der Waals surface area contributed by atoms with Crippen LogP contribution in [-0.2, 0) is 6.18 Å². The zero-order valence-electron chi connectivity index (χ0n) is 13.7. The van der Waals surface area contributed by atoms with E-state index in [0.29, 0.717) is 27.6 Å². The average Bonchev–Trinajstić information content (AvgIpc) is 2.67. The summed E-state index contributed by atoms with van der Waals surface area (Å²) in [6.07, 6.45) is -0.0251. The maximum atomic E-state index is 14.3. The number of aromatic nitrogens is 3. The highest BCUT2D eigenvalue weighted by Crippen LogP contribution is 2.34. The number of hydrogen-bond acceptors (Lipinski definition) is 3. The van der Waals surface area contributed by atoms with Gasteiger partial charge in [-0.2, -0.15) is 13.2 Å². The first-order valence-corrected chi connectivity index (χ1v) is 7.97. The van der Waals surface area contributed by atoms with Gasteiger partial charge in [0.15, 0.2) is 5.65 Å². The summed E-state index contributed by atoms with van der Waals surface area (Å²) in [5.74, 6) is -0.414. The minimum absolute atomic E-state index is 0.0189. The summed E-state index contributed by atoms with van der Waals surface area (Å²) in [7, 11) is 0. The Kier molecular flexibility index (Phi) is 4.07.